The lowest BCUT2D eigenvalue weighted by Gasteiger charge is -2.19. The van der Waals surface area contributed by atoms with Gasteiger partial charge in [0, 0.05) is 18.9 Å². The fourth-order valence-corrected chi connectivity index (χ4v) is 2.82. The van der Waals surface area contributed by atoms with E-state index in [9.17, 15) is 23.1 Å². The van der Waals surface area contributed by atoms with Crippen molar-refractivity contribution in [2.45, 2.75) is 18.3 Å². The van der Waals surface area contributed by atoms with Crippen LogP contribution in [0.4, 0.5) is 13.2 Å². The third-order valence-electron chi connectivity index (χ3n) is 4.27. The maximum Gasteiger partial charge on any atom is 0.416 e. The molecule has 0 spiro atoms. The lowest BCUT2D eigenvalue weighted by Crippen LogP contribution is -2.39. The van der Waals surface area contributed by atoms with Crippen molar-refractivity contribution in [3.8, 4) is 5.75 Å². The van der Waals surface area contributed by atoms with Gasteiger partial charge in [-0.3, -0.25) is 9.48 Å². The Bertz CT molecular complexity index is 947. The van der Waals surface area contributed by atoms with E-state index in [1.165, 1.54) is 16.8 Å². The Hall–Kier alpha value is -3.33. The maximum atomic E-state index is 12.7. The predicted molar refractivity (Wildman–Crippen MR) is 103 cm³/mol. The quantitative estimate of drug-likeness (QED) is 0.589. The highest BCUT2D eigenvalue weighted by Gasteiger charge is 2.30. The largest absolute Gasteiger partial charge is 0.491 e. The second kappa shape index (κ2) is 9.45. The minimum Gasteiger partial charge on any atom is -0.491 e. The van der Waals surface area contributed by atoms with Crippen molar-refractivity contribution in [2.75, 3.05) is 13.2 Å². The van der Waals surface area contributed by atoms with E-state index in [0.717, 1.165) is 12.1 Å². The first-order valence-electron chi connectivity index (χ1n) is 9.14. The molecule has 0 fully saturated rings. The molecule has 2 aromatic carbocycles. The molecule has 0 aliphatic heterocycles. The van der Waals surface area contributed by atoms with Crippen LogP contribution in [0.5, 0.6) is 5.75 Å². The molecule has 6 nitrogen and oxygen atoms in total. The molecular weight excluding hydrogens is 399 g/mol. The van der Waals surface area contributed by atoms with Gasteiger partial charge in [0.15, 0.2) is 6.04 Å². The molecule has 158 valence electrons. The normalized spacial score (nSPS) is 13.5. The van der Waals surface area contributed by atoms with Gasteiger partial charge in [-0.1, -0.05) is 36.4 Å². The van der Waals surface area contributed by atoms with Crippen LogP contribution in [-0.4, -0.2) is 40.0 Å². The molecule has 3 aromatic rings. The molecule has 1 amide bonds. The number of ether oxygens (including phenoxy) is 1. The molecule has 0 aliphatic rings. The first kappa shape index (κ1) is 21.4. The molecule has 2 unspecified atom stereocenters. The average Bonchev–Trinajstić information content (AvgIpc) is 3.25. The van der Waals surface area contributed by atoms with Crippen LogP contribution in [0, 0.1) is 0 Å². The van der Waals surface area contributed by atoms with Crippen LogP contribution in [-0.2, 0) is 11.0 Å². The van der Waals surface area contributed by atoms with Crippen molar-refractivity contribution >= 4 is 5.91 Å². The number of alkyl halides is 3. The highest BCUT2D eigenvalue weighted by atomic mass is 19.4. The van der Waals surface area contributed by atoms with Crippen LogP contribution in [0.1, 0.15) is 17.2 Å². The Balaban J connectivity index is 1.57. The number of rotatable bonds is 8. The van der Waals surface area contributed by atoms with E-state index in [2.05, 4.69) is 10.4 Å². The van der Waals surface area contributed by atoms with Crippen molar-refractivity contribution < 1.29 is 27.8 Å². The van der Waals surface area contributed by atoms with Crippen LogP contribution in [0.25, 0.3) is 0 Å². The number of aromatic nitrogens is 2. The van der Waals surface area contributed by atoms with Gasteiger partial charge < -0.3 is 15.2 Å². The van der Waals surface area contributed by atoms with Gasteiger partial charge >= 0.3 is 6.18 Å². The number of benzene rings is 2. The van der Waals surface area contributed by atoms with Crippen LogP contribution in [0.15, 0.2) is 73.1 Å². The molecule has 9 heteroatoms. The molecule has 0 saturated carbocycles. The monoisotopic (exact) mass is 419 g/mol. The fourth-order valence-electron chi connectivity index (χ4n) is 2.82. The van der Waals surface area contributed by atoms with E-state index in [-0.39, 0.29) is 24.8 Å². The highest BCUT2D eigenvalue weighted by molar-refractivity contribution is 5.83. The van der Waals surface area contributed by atoms with E-state index in [4.69, 9.17) is 4.74 Å². The minimum atomic E-state index is -4.48. The summed E-state index contributed by atoms with van der Waals surface area (Å²) in [5, 5.41) is 16.8. The number of nitrogens with zero attached hydrogens (tertiary/aromatic N) is 2. The lowest BCUT2D eigenvalue weighted by atomic mass is 10.1. The first-order valence-corrected chi connectivity index (χ1v) is 9.14. The van der Waals surface area contributed by atoms with Gasteiger partial charge in [0.25, 0.3) is 0 Å². The molecule has 0 bridgehead atoms. The standard InChI is InChI=1S/C21H20F3N3O3/c22-21(23,24)16-8-4-9-18(12-16)30-14-17(28)13-25-20(29)19(27-11-5-10-26-27)15-6-2-1-3-7-15/h1-12,17,19,28H,13-14H2,(H,25,29). The van der Waals surface area contributed by atoms with Crippen LogP contribution in [0.3, 0.4) is 0 Å². The second-order valence-corrected chi connectivity index (χ2v) is 6.53. The molecule has 1 aromatic heterocycles. The number of carbonyl (C=O) groups is 1. The summed E-state index contributed by atoms with van der Waals surface area (Å²) < 4.78 is 45.0. The number of hydrogen-bond donors (Lipinski definition) is 2. The third-order valence-corrected chi connectivity index (χ3v) is 4.27. The second-order valence-electron chi connectivity index (χ2n) is 6.53. The molecule has 0 aliphatic carbocycles. The SMILES string of the molecule is O=C(NCC(O)COc1cccc(C(F)(F)F)c1)C(c1ccccc1)n1cccn1. The molecule has 2 N–H and O–H groups in total. The van der Waals surface area contributed by atoms with Crippen LogP contribution in [0.2, 0.25) is 0 Å². The lowest BCUT2D eigenvalue weighted by molar-refractivity contribution is -0.137. The highest BCUT2D eigenvalue weighted by Crippen LogP contribution is 2.31. The molecule has 3 rings (SSSR count). The number of amides is 1. The zero-order valence-corrected chi connectivity index (χ0v) is 15.8. The van der Waals surface area contributed by atoms with Gasteiger partial charge in [-0.15, -0.1) is 0 Å². The Kier molecular flexibility index (Phi) is 6.73. The van der Waals surface area contributed by atoms with Crippen molar-refractivity contribution in [3.63, 3.8) is 0 Å². The number of halogens is 3. The summed E-state index contributed by atoms with van der Waals surface area (Å²) in [6, 6.07) is 14.4. The van der Waals surface area contributed by atoms with Crippen molar-refractivity contribution in [2.24, 2.45) is 0 Å². The number of nitrogens with one attached hydrogen (secondary N) is 1. The van der Waals surface area contributed by atoms with Crippen molar-refractivity contribution in [3.05, 3.63) is 84.2 Å². The summed E-state index contributed by atoms with van der Waals surface area (Å²) in [7, 11) is 0. The summed E-state index contributed by atoms with van der Waals surface area (Å²) >= 11 is 0. The zero-order valence-electron chi connectivity index (χ0n) is 15.8. The fraction of sp³-hybridized carbons (Fsp3) is 0.238. The number of aliphatic hydroxyl groups is 1. The summed E-state index contributed by atoms with van der Waals surface area (Å²) in [6.07, 6.45) is -2.38. The van der Waals surface area contributed by atoms with Crippen LogP contribution < -0.4 is 10.1 Å². The van der Waals surface area contributed by atoms with Crippen LogP contribution >= 0.6 is 0 Å². The van der Waals surface area contributed by atoms with E-state index in [1.54, 1.807) is 42.7 Å². The van der Waals surface area contributed by atoms with Gasteiger partial charge in [-0.05, 0) is 29.8 Å². The van der Waals surface area contributed by atoms with Crippen molar-refractivity contribution in [1.82, 2.24) is 15.1 Å². The van der Waals surface area contributed by atoms with E-state index in [0.29, 0.717) is 5.56 Å². The van der Waals surface area contributed by atoms with E-state index < -0.39 is 23.9 Å². The molecule has 0 radical (unpaired) electrons. The maximum absolute atomic E-state index is 12.7. The van der Waals surface area contributed by atoms with Gasteiger partial charge in [-0.2, -0.15) is 18.3 Å². The average molecular weight is 419 g/mol. The molecule has 0 saturated heterocycles. The summed E-state index contributed by atoms with van der Waals surface area (Å²) in [4.78, 5) is 12.7. The van der Waals surface area contributed by atoms with Gasteiger partial charge in [-0.25, -0.2) is 0 Å². The third kappa shape index (κ3) is 5.60. The zero-order chi connectivity index (χ0) is 21.6. The summed E-state index contributed by atoms with van der Waals surface area (Å²) in [5.41, 5.74) is -0.124. The van der Waals surface area contributed by atoms with Crippen molar-refractivity contribution in [1.29, 1.82) is 0 Å². The summed E-state index contributed by atoms with van der Waals surface area (Å²) in [6.45, 7) is -0.415. The minimum absolute atomic E-state index is 0.0195. The Morgan fingerprint density at radius 1 is 1.13 bits per heavy atom. The Labute approximate surface area is 170 Å². The van der Waals surface area contributed by atoms with Gasteiger partial charge in [0.1, 0.15) is 18.5 Å². The first-order chi connectivity index (χ1) is 14.3. The molecule has 30 heavy (non-hydrogen) atoms. The van der Waals surface area contributed by atoms with Gasteiger partial charge in [0.05, 0.1) is 5.56 Å². The topological polar surface area (TPSA) is 76.4 Å². The van der Waals surface area contributed by atoms with Gasteiger partial charge in [0.2, 0.25) is 5.91 Å². The smallest absolute Gasteiger partial charge is 0.416 e. The van der Waals surface area contributed by atoms with E-state index in [1.807, 2.05) is 6.07 Å². The predicted octanol–water partition coefficient (Wildman–Crippen LogP) is 3.05. The number of aliphatic hydroxyl groups excluding tert-OH is 1. The summed E-state index contributed by atoms with van der Waals surface area (Å²) in [5.74, 6) is -0.406. The molecular formula is C21H20F3N3O3. The van der Waals surface area contributed by atoms with E-state index >= 15 is 0 Å². The Morgan fingerprint density at radius 3 is 2.57 bits per heavy atom. The molecule has 1 heterocycles. The Morgan fingerprint density at radius 2 is 1.90 bits per heavy atom. The number of hydrogen-bond acceptors (Lipinski definition) is 4. The number of carbonyl (C=O) groups excluding carboxylic acids is 1. The molecule has 2 atom stereocenters.